The SMILES string of the molecule is CCCCc1ccc(N(c2ccc(CCCC)cc2)c2ccc(B(O)O)cc2)cc1. The third-order valence-corrected chi connectivity index (χ3v) is 5.48. The third kappa shape index (κ3) is 5.75. The Morgan fingerprint density at radius 1 is 0.600 bits per heavy atom. The number of rotatable bonds is 10. The lowest BCUT2D eigenvalue weighted by molar-refractivity contribution is 0.426. The van der Waals surface area contributed by atoms with Gasteiger partial charge in [0.05, 0.1) is 0 Å². The van der Waals surface area contributed by atoms with Crippen LogP contribution in [-0.2, 0) is 12.8 Å². The van der Waals surface area contributed by atoms with Crippen LogP contribution in [0.4, 0.5) is 17.1 Å². The minimum atomic E-state index is -1.46. The van der Waals surface area contributed by atoms with Gasteiger partial charge in [0.15, 0.2) is 0 Å². The van der Waals surface area contributed by atoms with Crippen LogP contribution in [-0.4, -0.2) is 17.2 Å². The van der Waals surface area contributed by atoms with Crippen LogP contribution in [0.3, 0.4) is 0 Å². The molecule has 0 heterocycles. The van der Waals surface area contributed by atoms with E-state index in [1.54, 1.807) is 12.1 Å². The lowest BCUT2D eigenvalue weighted by atomic mass is 9.80. The van der Waals surface area contributed by atoms with E-state index in [0.717, 1.165) is 29.9 Å². The van der Waals surface area contributed by atoms with Gasteiger partial charge in [0.1, 0.15) is 0 Å². The zero-order chi connectivity index (χ0) is 21.3. The van der Waals surface area contributed by atoms with Gasteiger partial charge in [0.25, 0.3) is 0 Å². The maximum atomic E-state index is 9.43. The molecular weight excluding hydrogens is 369 g/mol. The number of hydrogen-bond acceptors (Lipinski definition) is 3. The lowest BCUT2D eigenvalue weighted by Crippen LogP contribution is -2.29. The largest absolute Gasteiger partial charge is 0.488 e. The topological polar surface area (TPSA) is 43.7 Å². The molecule has 0 aromatic heterocycles. The number of anilines is 3. The smallest absolute Gasteiger partial charge is 0.423 e. The minimum absolute atomic E-state index is 0.489. The van der Waals surface area contributed by atoms with Gasteiger partial charge in [-0.3, -0.25) is 0 Å². The average Bonchev–Trinajstić information content (AvgIpc) is 2.78. The first-order valence-electron chi connectivity index (χ1n) is 11.1. The van der Waals surface area contributed by atoms with Crippen molar-refractivity contribution in [1.29, 1.82) is 0 Å². The Kier molecular flexibility index (Phi) is 8.12. The van der Waals surface area contributed by atoms with E-state index >= 15 is 0 Å². The molecule has 156 valence electrons. The summed E-state index contributed by atoms with van der Waals surface area (Å²) in [6.07, 6.45) is 7.00. The van der Waals surface area contributed by atoms with Crippen LogP contribution >= 0.6 is 0 Å². The van der Waals surface area contributed by atoms with E-state index in [2.05, 4.69) is 67.3 Å². The molecule has 0 bridgehead atoms. The predicted octanol–water partition coefficient (Wildman–Crippen LogP) is 5.52. The van der Waals surface area contributed by atoms with Crippen molar-refractivity contribution in [2.24, 2.45) is 0 Å². The van der Waals surface area contributed by atoms with E-state index in [-0.39, 0.29) is 0 Å². The second-order valence-corrected chi connectivity index (χ2v) is 7.84. The van der Waals surface area contributed by atoms with E-state index in [1.165, 1.54) is 36.8 Å². The second-order valence-electron chi connectivity index (χ2n) is 7.84. The summed E-state index contributed by atoms with van der Waals surface area (Å²) in [6.45, 7) is 4.43. The van der Waals surface area contributed by atoms with Crippen LogP contribution in [0.1, 0.15) is 50.7 Å². The summed E-state index contributed by atoms with van der Waals surface area (Å²) < 4.78 is 0. The van der Waals surface area contributed by atoms with E-state index in [1.807, 2.05) is 12.1 Å². The molecule has 0 unspecified atom stereocenters. The van der Waals surface area contributed by atoms with Crippen molar-refractivity contribution < 1.29 is 10.0 Å². The summed E-state index contributed by atoms with van der Waals surface area (Å²) in [7, 11) is -1.46. The standard InChI is InChI=1S/C26H32BNO2/c1-3-5-7-21-9-15-24(16-10-21)28(26-19-13-23(14-20-26)27(29)30)25-17-11-22(12-18-25)8-6-4-2/h9-20,29-30H,3-8H2,1-2H3. The molecule has 3 aromatic carbocycles. The highest BCUT2D eigenvalue weighted by Gasteiger charge is 2.15. The van der Waals surface area contributed by atoms with Gasteiger partial charge in [-0.2, -0.15) is 0 Å². The first kappa shape index (κ1) is 22.1. The van der Waals surface area contributed by atoms with Crippen LogP contribution < -0.4 is 10.4 Å². The molecule has 0 aliphatic heterocycles. The molecule has 0 aliphatic carbocycles. The summed E-state index contributed by atoms with van der Waals surface area (Å²) in [5.41, 5.74) is 6.37. The number of unbranched alkanes of at least 4 members (excludes halogenated alkanes) is 2. The molecule has 0 radical (unpaired) electrons. The van der Waals surface area contributed by atoms with Gasteiger partial charge in [-0.25, -0.2) is 0 Å². The first-order valence-corrected chi connectivity index (χ1v) is 11.1. The Morgan fingerprint density at radius 2 is 0.967 bits per heavy atom. The molecular formula is C26H32BNO2. The quantitative estimate of drug-likeness (QED) is 0.440. The predicted molar refractivity (Wildman–Crippen MR) is 128 cm³/mol. The fourth-order valence-corrected chi connectivity index (χ4v) is 3.63. The van der Waals surface area contributed by atoms with Crippen molar-refractivity contribution in [2.75, 3.05) is 4.90 Å². The van der Waals surface area contributed by atoms with Crippen molar-refractivity contribution in [1.82, 2.24) is 0 Å². The van der Waals surface area contributed by atoms with Gasteiger partial charge < -0.3 is 14.9 Å². The molecule has 2 N–H and O–H groups in total. The normalized spacial score (nSPS) is 10.8. The third-order valence-electron chi connectivity index (χ3n) is 5.48. The molecule has 0 saturated heterocycles. The summed E-state index contributed by atoms with van der Waals surface area (Å²) in [6, 6.07) is 24.9. The minimum Gasteiger partial charge on any atom is -0.423 e. The molecule has 0 aliphatic rings. The molecule has 3 rings (SSSR count). The molecule has 0 atom stereocenters. The first-order chi connectivity index (χ1) is 14.6. The monoisotopic (exact) mass is 401 g/mol. The van der Waals surface area contributed by atoms with E-state index in [0.29, 0.717) is 5.46 Å². The molecule has 0 saturated carbocycles. The van der Waals surface area contributed by atoms with E-state index in [9.17, 15) is 10.0 Å². The number of benzene rings is 3. The van der Waals surface area contributed by atoms with Gasteiger partial charge in [-0.1, -0.05) is 63.1 Å². The zero-order valence-electron chi connectivity index (χ0n) is 18.1. The highest BCUT2D eigenvalue weighted by molar-refractivity contribution is 6.58. The van der Waals surface area contributed by atoms with Crippen molar-refractivity contribution in [2.45, 2.75) is 52.4 Å². The van der Waals surface area contributed by atoms with Crippen molar-refractivity contribution in [3.05, 3.63) is 83.9 Å². The van der Waals surface area contributed by atoms with Crippen LogP contribution in [0.5, 0.6) is 0 Å². The number of nitrogens with zero attached hydrogens (tertiary/aromatic N) is 1. The Bertz CT molecular complexity index is 838. The molecule has 30 heavy (non-hydrogen) atoms. The van der Waals surface area contributed by atoms with Crippen LogP contribution in [0.2, 0.25) is 0 Å². The number of aryl methyl sites for hydroxylation is 2. The Hall–Kier alpha value is -2.56. The molecule has 0 amide bonds. The highest BCUT2D eigenvalue weighted by Crippen LogP contribution is 2.34. The highest BCUT2D eigenvalue weighted by atomic mass is 16.4. The fraction of sp³-hybridized carbons (Fsp3) is 0.308. The lowest BCUT2D eigenvalue weighted by Gasteiger charge is -2.26. The van der Waals surface area contributed by atoms with Crippen LogP contribution in [0, 0.1) is 0 Å². The maximum Gasteiger partial charge on any atom is 0.488 e. The van der Waals surface area contributed by atoms with Crippen molar-refractivity contribution in [3.63, 3.8) is 0 Å². The molecule has 3 nitrogen and oxygen atoms in total. The number of hydrogen-bond donors (Lipinski definition) is 2. The van der Waals surface area contributed by atoms with Crippen LogP contribution in [0.15, 0.2) is 72.8 Å². The molecule has 0 fully saturated rings. The van der Waals surface area contributed by atoms with E-state index in [4.69, 9.17) is 0 Å². The zero-order valence-corrected chi connectivity index (χ0v) is 18.1. The van der Waals surface area contributed by atoms with Gasteiger partial charge in [-0.05, 0) is 78.7 Å². The average molecular weight is 401 g/mol. The van der Waals surface area contributed by atoms with Gasteiger partial charge in [0.2, 0.25) is 0 Å². The summed E-state index contributed by atoms with van der Waals surface area (Å²) in [5, 5.41) is 18.9. The maximum absolute atomic E-state index is 9.43. The summed E-state index contributed by atoms with van der Waals surface area (Å²) in [4.78, 5) is 2.21. The van der Waals surface area contributed by atoms with Gasteiger partial charge in [0, 0.05) is 17.1 Å². The van der Waals surface area contributed by atoms with Gasteiger partial charge >= 0.3 is 7.12 Å². The molecule has 4 heteroatoms. The van der Waals surface area contributed by atoms with Crippen molar-refractivity contribution in [3.8, 4) is 0 Å². The molecule has 0 spiro atoms. The fourth-order valence-electron chi connectivity index (χ4n) is 3.63. The Balaban J connectivity index is 1.94. The second kappa shape index (κ2) is 11.0. The van der Waals surface area contributed by atoms with Gasteiger partial charge in [-0.15, -0.1) is 0 Å². The summed E-state index contributed by atoms with van der Waals surface area (Å²) >= 11 is 0. The van der Waals surface area contributed by atoms with Crippen LogP contribution in [0.25, 0.3) is 0 Å². The Morgan fingerprint density at radius 3 is 1.30 bits per heavy atom. The Labute approximate surface area is 181 Å². The summed E-state index contributed by atoms with van der Waals surface area (Å²) in [5.74, 6) is 0. The van der Waals surface area contributed by atoms with Crippen molar-refractivity contribution >= 4 is 29.6 Å². The van der Waals surface area contributed by atoms with E-state index < -0.39 is 7.12 Å². The molecule has 3 aromatic rings.